The van der Waals surface area contributed by atoms with Gasteiger partial charge in [-0.05, 0) is 35.2 Å². The molecule has 3 aromatic rings. The Kier molecular flexibility index (Phi) is 5.23. The first kappa shape index (κ1) is 16.2. The molecule has 0 aliphatic heterocycles. The quantitative estimate of drug-likeness (QED) is 0.684. The predicted molar refractivity (Wildman–Crippen MR) is 96.4 cm³/mol. The van der Waals surface area contributed by atoms with Gasteiger partial charge in [-0.25, -0.2) is 0 Å². The summed E-state index contributed by atoms with van der Waals surface area (Å²) in [6.45, 7) is 0.477. The number of carbonyl (C=O) groups is 1. The summed E-state index contributed by atoms with van der Waals surface area (Å²) in [7, 11) is 1.62. The molecule has 0 atom stereocenters. The molecule has 24 heavy (non-hydrogen) atoms. The van der Waals surface area contributed by atoms with E-state index in [1.54, 1.807) is 35.7 Å². The van der Waals surface area contributed by atoms with Crippen LogP contribution in [0.4, 0.5) is 5.69 Å². The zero-order chi connectivity index (χ0) is 16.8. The monoisotopic (exact) mass is 338 g/mol. The van der Waals surface area contributed by atoms with Crippen molar-refractivity contribution in [2.24, 2.45) is 0 Å². The van der Waals surface area contributed by atoms with Crippen molar-refractivity contribution in [2.45, 2.75) is 13.0 Å². The number of benzene rings is 1. The fourth-order valence-corrected chi connectivity index (χ4v) is 3.13. The second kappa shape index (κ2) is 7.75. The van der Waals surface area contributed by atoms with Gasteiger partial charge in [-0.1, -0.05) is 18.2 Å². The number of aromatic nitrogens is 1. The van der Waals surface area contributed by atoms with Crippen molar-refractivity contribution in [1.29, 1.82) is 0 Å². The lowest BCUT2D eigenvalue weighted by atomic mass is 10.2. The highest BCUT2D eigenvalue weighted by molar-refractivity contribution is 7.10. The van der Waals surface area contributed by atoms with Crippen molar-refractivity contribution >= 4 is 22.9 Å². The number of nitrogens with zero attached hydrogens (tertiary/aromatic N) is 2. The molecule has 4 nitrogen and oxygen atoms in total. The third kappa shape index (κ3) is 4.00. The molecule has 3 rings (SSSR count). The Morgan fingerprint density at radius 2 is 2.12 bits per heavy atom. The number of rotatable bonds is 6. The smallest absolute Gasteiger partial charge is 0.232 e. The van der Waals surface area contributed by atoms with Gasteiger partial charge in [0.1, 0.15) is 5.75 Å². The van der Waals surface area contributed by atoms with Gasteiger partial charge in [0, 0.05) is 29.0 Å². The van der Waals surface area contributed by atoms with Crippen LogP contribution in [0.3, 0.4) is 0 Å². The number of hydrogen-bond acceptors (Lipinski definition) is 4. The van der Waals surface area contributed by atoms with Gasteiger partial charge in [0.2, 0.25) is 5.91 Å². The molecule has 5 heteroatoms. The molecule has 122 valence electrons. The molecule has 0 spiro atoms. The average molecular weight is 338 g/mol. The number of amides is 1. The molecule has 1 amide bonds. The largest absolute Gasteiger partial charge is 0.497 e. The molecule has 2 heterocycles. The maximum atomic E-state index is 12.9. The Labute approximate surface area is 145 Å². The van der Waals surface area contributed by atoms with Gasteiger partial charge in [-0.2, -0.15) is 0 Å². The predicted octanol–water partition coefficient (Wildman–Crippen LogP) is 3.93. The van der Waals surface area contributed by atoms with Crippen LogP contribution >= 0.6 is 11.3 Å². The summed E-state index contributed by atoms with van der Waals surface area (Å²) in [4.78, 5) is 19.9. The first-order valence-electron chi connectivity index (χ1n) is 7.62. The topological polar surface area (TPSA) is 42.4 Å². The van der Waals surface area contributed by atoms with E-state index < -0.39 is 0 Å². The second-order valence-corrected chi connectivity index (χ2v) is 6.33. The third-order valence-corrected chi connectivity index (χ3v) is 4.51. The number of hydrogen-bond donors (Lipinski definition) is 0. The third-order valence-electron chi connectivity index (χ3n) is 3.64. The van der Waals surface area contributed by atoms with Gasteiger partial charge in [-0.3, -0.25) is 9.78 Å². The molecule has 0 aliphatic rings. The zero-order valence-electron chi connectivity index (χ0n) is 13.4. The molecule has 0 bridgehead atoms. The fourth-order valence-electron chi connectivity index (χ4n) is 2.43. The van der Waals surface area contributed by atoms with E-state index in [4.69, 9.17) is 4.74 Å². The minimum Gasteiger partial charge on any atom is -0.497 e. The number of pyridine rings is 1. The van der Waals surface area contributed by atoms with Crippen molar-refractivity contribution in [2.75, 3.05) is 12.0 Å². The van der Waals surface area contributed by atoms with Crippen LogP contribution in [0.25, 0.3) is 0 Å². The molecule has 0 saturated heterocycles. The van der Waals surface area contributed by atoms with E-state index in [-0.39, 0.29) is 5.91 Å². The minimum atomic E-state index is 0.0505. The summed E-state index contributed by atoms with van der Waals surface area (Å²) in [5, 5.41) is 1.99. The maximum Gasteiger partial charge on any atom is 0.232 e. The highest BCUT2D eigenvalue weighted by Gasteiger charge is 2.18. The molecule has 0 radical (unpaired) electrons. The van der Waals surface area contributed by atoms with Crippen molar-refractivity contribution in [3.05, 3.63) is 76.7 Å². The van der Waals surface area contributed by atoms with Crippen LogP contribution in [0.1, 0.15) is 10.4 Å². The van der Waals surface area contributed by atoms with Gasteiger partial charge >= 0.3 is 0 Å². The Morgan fingerprint density at radius 1 is 1.21 bits per heavy atom. The van der Waals surface area contributed by atoms with E-state index in [1.165, 1.54) is 0 Å². The van der Waals surface area contributed by atoms with Crippen LogP contribution in [-0.2, 0) is 17.8 Å². The number of methoxy groups -OCH3 is 1. The van der Waals surface area contributed by atoms with E-state index >= 15 is 0 Å². The maximum absolute atomic E-state index is 12.9. The summed E-state index contributed by atoms with van der Waals surface area (Å²) < 4.78 is 5.29. The van der Waals surface area contributed by atoms with Crippen LogP contribution in [0.15, 0.2) is 66.3 Å². The number of carbonyl (C=O) groups excluding carboxylic acids is 1. The van der Waals surface area contributed by atoms with Crippen molar-refractivity contribution < 1.29 is 9.53 Å². The molecule has 2 aromatic heterocycles. The lowest BCUT2D eigenvalue weighted by Crippen LogP contribution is -2.31. The van der Waals surface area contributed by atoms with Gasteiger partial charge in [0.15, 0.2) is 0 Å². The average Bonchev–Trinajstić information content (AvgIpc) is 3.13. The number of thiophene rings is 1. The Morgan fingerprint density at radius 3 is 2.83 bits per heavy atom. The molecule has 0 saturated carbocycles. The van der Waals surface area contributed by atoms with Crippen molar-refractivity contribution in [1.82, 2.24) is 4.98 Å². The molecule has 0 aliphatic carbocycles. The van der Waals surface area contributed by atoms with Crippen LogP contribution < -0.4 is 9.64 Å². The molecule has 0 fully saturated rings. The first-order valence-corrected chi connectivity index (χ1v) is 8.50. The summed E-state index contributed by atoms with van der Waals surface area (Å²) in [6.07, 6.45) is 3.90. The van der Waals surface area contributed by atoms with E-state index in [0.717, 1.165) is 21.9 Å². The van der Waals surface area contributed by atoms with Gasteiger partial charge in [0.05, 0.1) is 20.1 Å². The molecule has 0 N–H and O–H groups in total. The van der Waals surface area contributed by atoms with E-state index in [1.807, 2.05) is 53.9 Å². The Balaban J connectivity index is 1.88. The SMILES string of the molecule is COc1cccc(N(Cc2cccnc2)C(=O)Cc2cccs2)c1. The fraction of sp³-hybridized carbons (Fsp3) is 0.158. The minimum absolute atomic E-state index is 0.0505. The van der Waals surface area contributed by atoms with Crippen molar-refractivity contribution in [3.63, 3.8) is 0 Å². The summed E-state index contributed by atoms with van der Waals surface area (Å²) in [5.74, 6) is 0.780. The molecular formula is C19H18N2O2S. The standard InChI is InChI=1S/C19H18N2O2S/c1-23-17-7-2-6-16(11-17)21(14-15-5-3-9-20-13-15)19(22)12-18-8-4-10-24-18/h2-11,13H,12,14H2,1H3. The molecule has 0 unspecified atom stereocenters. The lowest BCUT2D eigenvalue weighted by molar-refractivity contribution is -0.118. The first-order chi connectivity index (χ1) is 11.8. The van der Waals surface area contributed by atoms with E-state index in [2.05, 4.69) is 4.98 Å². The summed E-state index contributed by atoms with van der Waals surface area (Å²) in [5.41, 5.74) is 1.81. The molecular weight excluding hydrogens is 320 g/mol. The zero-order valence-corrected chi connectivity index (χ0v) is 14.2. The normalized spacial score (nSPS) is 10.4. The Bertz CT molecular complexity index is 788. The number of anilines is 1. The number of ether oxygens (including phenoxy) is 1. The van der Waals surface area contributed by atoms with E-state index in [9.17, 15) is 4.79 Å². The van der Waals surface area contributed by atoms with Crippen LogP contribution in [0.5, 0.6) is 5.75 Å². The Hall–Kier alpha value is -2.66. The van der Waals surface area contributed by atoms with Gasteiger partial charge in [-0.15, -0.1) is 11.3 Å². The van der Waals surface area contributed by atoms with Crippen LogP contribution in [0.2, 0.25) is 0 Å². The summed E-state index contributed by atoms with van der Waals surface area (Å²) in [6, 6.07) is 15.4. The van der Waals surface area contributed by atoms with Crippen LogP contribution in [0, 0.1) is 0 Å². The van der Waals surface area contributed by atoms with Crippen LogP contribution in [-0.4, -0.2) is 18.0 Å². The van der Waals surface area contributed by atoms with Gasteiger partial charge in [0.25, 0.3) is 0 Å². The van der Waals surface area contributed by atoms with Crippen molar-refractivity contribution in [3.8, 4) is 5.75 Å². The van der Waals surface area contributed by atoms with Gasteiger partial charge < -0.3 is 9.64 Å². The summed E-state index contributed by atoms with van der Waals surface area (Å²) >= 11 is 1.59. The molecule has 1 aromatic carbocycles. The second-order valence-electron chi connectivity index (χ2n) is 5.30. The van der Waals surface area contributed by atoms with E-state index in [0.29, 0.717) is 13.0 Å². The lowest BCUT2D eigenvalue weighted by Gasteiger charge is -2.23. The highest BCUT2D eigenvalue weighted by Crippen LogP contribution is 2.24. The highest BCUT2D eigenvalue weighted by atomic mass is 32.1.